The van der Waals surface area contributed by atoms with Crippen molar-refractivity contribution in [1.29, 1.82) is 5.26 Å². The molecule has 2 aromatic heterocycles. The fourth-order valence-electron chi connectivity index (χ4n) is 4.20. The van der Waals surface area contributed by atoms with Crippen LogP contribution in [0.25, 0.3) is 27.6 Å². The molecule has 5 rings (SSSR count). The number of morpholine rings is 1. The third-order valence-electron chi connectivity index (χ3n) is 5.63. The van der Waals surface area contributed by atoms with Crippen LogP contribution in [0.5, 0.6) is 0 Å². The van der Waals surface area contributed by atoms with Crippen LogP contribution in [0.15, 0.2) is 42.6 Å². The van der Waals surface area contributed by atoms with Crippen molar-refractivity contribution in [3.8, 4) is 11.8 Å². The highest BCUT2D eigenvalue weighted by Gasteiger charge is 2.22. The summed E-state index contributed by atoms with van der Waals surface area (Å²) >= 11 is 0. The van der Waals surface area contributed by atoms with Crippen molar-refractivity contribution in [2.45, 2.75) is 6.92 Å². The van der Waals surface area contributed by atoms with Crippen molar-refractivity contribution in [2.24, 2.45) is 0 Å². The summed E-state index contributed by atoms with van der Waals surface area (Å²) in [5.41, 5.74) is 4.02. The summed E-state index contributed by atoms with van der Waals surface area (Å²) in [5, 5.41) is 20.2. The van der Waals surface area contributed by atoms with E-state index in [2.05, 4.69) is 20.9 Å². The molecule has 2 aromatic carbocycles. The van der Waals surface area contributed by atoms with Crippen molar-refractivity contribution in [1.82, 2.24) is 14.5 Å². The molecule has 154 valence electrons. The Kier molecular flexibility index (Phi) is 4.53. The van der Waals surface area contributed by atoms with Gasteiger partial charge in [0.15, 0.2) is 0 Å². The van der Waals surface area contributed by atoms with E-state index in [9.17, 15) is 15.2 Å². The van der Waals surface area contributed by atoms with Crippen molar-refractivity contribution in [2.75, 3.05) is 31.2 Å². The first-order valence-corrected chi connectivity index (χ1v) is 9.96. The minimum absolute atomic E-state index is 0.164. The van der Waals surface area contributed by atoms with Crippen LogP contribution >= 0.6 is 0 Å². The van der Waals surface area contributed by atoms with E-state index in [-0.39, 0.29) is 5.56 Å². The molecule has 0 saturated carbocycles. The Labute approximate surface area is 177 Å². The van der Waals surface area contributed by atoms with E-state index in [4.69, 9.17) is 4.74 Å². The largest absolute Gasteiger partial charge is 0.478 e. The van der Waals surface area contributed by atoms with Crippen LogP contribution in [-0.2, 0) is 4.74 Å². The minimum atomic E-state index is -1.02. The summed E-state index contributed by atoms with van der Waals surface area (Å²) in [5.74, 6) is -0.359. The quantitative estimate of drug-likeness (QED) is 0.549. The molecule has 31 heavy (non-hydrogen) atoms. The first-order valence-electron chi connectivity index (χ1n) is 9.96. The van der Waals surface area contributed by atoms with Gasteiger partial charge in [0, 0.05) is 30.4 Å². The van der Waals surface area contributed by atoms with E-state index in [0.29, 0.717) is 54.2 Å². The van der Waals surface area contributed by atoms with Gasteiger partial charge in [0.05, 0.1) is 41.1 Å². The topological polar surface area (TPSA) is 104 Å². The fraction of sp³-hybridized carbons (Fsp3) is 0.217. The smallest absolute Gasteiger partial charge is 0.338 e. The van der Waals surface area contributed by atoms with Gasteiger partial charge in [0.1, 0.15) is 17.4 Å². The number of carbonyl (C=O) groups is 1. The first-order chi connectivity index (χ1) is 15.1. The van der Waals surface area contributed by atoms with E-state index in [1.165, 1.54) is 0 Å². The molecular formula is C23H19N5O3. The van der Waals surface area contributed by atoms with Gasteiger partial charge >= 0.3 is 5.97 Å². The second kappa shape index (κ2) is 7.38. The maximum Gasteiger partial charge on any atom is 0.338 e. The van der Waals surface area contributed by atoms with Crippen LogP contribution in [0, 0.1) is 18.3 Å². The molecule has 1 aliphatic rings. The zero-order valence-electron chi connectivity index (χ0n) is 16.9. The Morgan fingerprint density at radius 3 is 2.74 bits per heavy atom. The highest BCUT2D eigenvalue weighted by molar-refractivity contribution is 6.04. The molecule has 1 fully saturated rings. The number of ether oxygens (including phenoxy) is 1. The molecule has 0 aliphatic carbocycles. The number of benzene rings is 2. The van der Waals surface area contributed by atoms with Gasteiger partial charge in [-0.3, -0.25) is 9.55 Å². The predicted octanol–water partition coefficient (Wildman–Crippen LogP) is 3.29. The van der Waals surface area contributed by atoms with E-state index >= 15 is 0 Å². The lowest BCUT2D eigenvalue weighted by atomic mass is 10.1. The lowest BCUT2D eigenvalue weighted by molar-refractivity contribution is 0.0699. The second-order valence-electron chi connectivity index (χ2n) is 7.40. The number of fused-ring (bicyclic) bond motifs is 2. The number of nitrogens with zero attached hydrogens (tertiary/aromatic N) is 5. The number of aromatic nitrogens is 3. The van der Waals surface area contributed by atoms with E-state index in [1.54, 1.807) is 18.3 Å². The molecule has 0 atom stereocenters. The third kappa shape index (κ3) is 3.07. The molecule has 8 heteroatoms. The van der Waals surface area contributed by atoms with Gasteiger partial charge in [-0.2, -0.15) is 5.26 Å². The van der Waals surface area contributed by atoms with Crippen LogP contribution in [0.4, 0.5) is 5.69 Å². The average Bonchev–Trinajstić information content (AvgIpc) is 3.13. The van der Waals surface area contributed by atoms with Crippen molar-refractivity contribution >= 4 is 33.6 Å². The van der Waals surface area contributed by atoms with Crippen LogP contribution in [0.3, 0.4) is 0 Å². The summed E-state index contributed by atoms with van der Waals surface area (Å²) in [6, 6.07) is 13.2. The Morgan fingerprint density at radius 2 is 2.00 bits per heavy atom. The number of para-hydroxylation sites is 1. The van der Waals surface area contributed by atoms with Gasteiger partial charge in [-0.1, -0.05) is 12.1 Å². The van der Waals surface area contributed by atoms with Gasteiger partial charge in [0.2, 0.25) is 0 Å². The number of hydrogen-bond donors (Lipinski definition) is 1. The van der Waals surface area contributed by atoms with Gasteiger partial charge in [-0.15, -0.1) is 0 Å². The minimum Gasteiger partial charge on any atom is -0.478 e. The fourth-order valence-corrected chi connectivity index (χ4v) is 4.20. The number of rotatable bonds is 3. The number of aryl methyl sites for hydroxylation is 1. The van der Waals surface area contributed by atoms with E-state index in [0.717, 1.165) is 16.8 Å². The average molecular weight is 413 g/mol. The van der Waals surface area contributed by atoms with Crippen molar-refractivity contribution in [3.63, 3.8) is 0 Å². The first kappa shape index (κ1) is 19.0. The lowest BCUT2D eigenvalue weighted by Crippen LogP contribution is -2.36. The van der Waals surface area contributed by atoms with Crippen molar-refractivity contribution < 1.29 is 14.6 Å². The van der Waals surface area contributed by atoms with Crippen LogP contribution in [0.2, 0.25) is 0 Å². The Bertz CT molecular complexity index is 1380. The lowest BCUT2D eigenvalue weighted by Gasteiger charge is -2.29. The molecule has 0 bridgehead atoms. The van der Waals surface area contributed by atoms with Gasteiger partial charge in [-0.05, 0) is 31.2 Å². The van der Waals surface area contributed by atoms with Crippen LogP contribution in [-0.4, -0.2) is 51.9 Å². The normalized spacial score (nSPS) is 14.1. The zero-order chi connectivity index (χ0) is 21.5. The van der Waals surface area contributed by atoms with E-state index < -0.39 is 5.97 Å². The number of pyridine rings is 1. The monoisotopic (exact) mass is 413 g/mol. The summed E-state index contributed by atoms with van der Waals surface area (Å²) in [7, 11) is 0. The maximum atomic E-state index is 12.1. The van der Waals surface area contributed by atoms with Gasteiger partial charge in [-0.25, -0.2) is 9.78 Å². The third-order valence-corrected chi connectivity index (χ3v) is 5.63. The Morgan fingerprint density at radius 1 is 1.19 bits per heavy atom. The number of nitriles is 1. The Balaban J connectivity index is 1.82. The highest BCUT2D eigenvalue weighted by Crippen LogP contribution is 2.32. The number of carboxylic acids is 1. The number of carboxylic acid groups (broad SMARTS) is 1. The number of aromatic carboxylic acids is 1. The molecule has 1 saturated heterocycles. The molecule has 0 spiro atoms. The number of imidazole rings is 1. The predicted molar refractivity (Wildman–Crippen MR) is 116 cm³/mol. The van der Waals surface area contributed by atoms with Gasteiger partial charge in [0.25, 0.3) is 0 Å². The molecule has 1 N–H and O–H groups in total. The van der Waals surface area contributed by atoms with E-state index in [1.807, 2.05) is 35.8 Å². The SMILES string of the molecule is Cc1nc2c(C(=O)O)cc(N3CCOCC3)cc2n1-c1ccnc2c(C#N)cccc12. The molecular weight excluding hydrogens is 394 g/mol. The zero-order valence-corrected chi connectivity index (χ0v) is 16.9. The van der Waals surface area contributed by atoms with Crippen molar-refractivity contribution in [3.05, 3.63) is 59.5 Å². The summed E-state index contributed by atoms with van der Waals surface area (Å²) in [6.07, 6.45) is 1.66. The molecule has 1 aliphatic heterocycles. The van der Waals surface area contributed by atoms with Crippen LogP contribution in [0.1, 0.15) is 21.7 Å². The van der Waals surface area contributed by atoms with Crippen LogP contribution < -0.4 is 4.90 Å². The Hall–Kier alpha value is -3.96. The summed E-state index contributed by atoms with van der Waals surface area (Å²) in [4.78, 5) is 23.2. The standard InChI is InChI=1S/C23H19N5O3/c1-14-26-22-18(23(29)30)11-16(27-7-9-31-10-8-27)12-20(22)28(14)19-5-6-25-21-15(13-24)3-2-4-17(19)21/h2-6,11-12H,7-10H2,1H3,(H,29,30). The molecule has 0 radical (unpaired) electrons. The van der Waals surface area contributed by atoms with Gasteiger partial charge < -0.3 is 14.7 Å². The molecule has 0 unspecified atom stereocenters. The second-order valence-corrected chi connectivity index (χ2v) is 7.40. The molecule has 0 amide bonds. The molecule has 3 heterocycles. The maximum absolute atomic E-state index is 12.1. The summed E-state index contributed by atoms with van der Waals surface area (Å²) < 4.78 is 7.39. The number of hydrogen-bond acceptors (Lipinski definition) is 6. The molecule has 8 nitrogen and oxygen atoms in total. The highest BCUT2D eigenvalue weighted by atomic mass is 16.5. The number of anilines is 1. The summed E-state index contributed by atoms with van der Waals surface area (Å²) in [6.45, 7) is 4.44. The molecule has 4 aromatic rings.